The highest BCUT2D eigenvalue weighted by molar-refractivity contribution is 14.1. The van der Waals surface area contributed by atoms with Crippen LogP contribution in [-0.4, -0.2) is 50.0 Å². The van der Waals surface area contributed by atoms with Gasteiger partial charge in [-0.2, -0.15) is 0 Å². The standard InChI is InChI=1S/C37H36ClIN2O9S/c1-6-46-28-18-23(13-14-27(28)49-20-31(42)45-5)33-32(36(44)48-8-3)21(4)40-37-41(33)35(43)30(51-37)17-22-15-26(39)34(29(16-22)47-7-2)50-19-24-11-9-10-12-25(24)38/h9-18,33H,6-8,19-20H2,1-5H3/b30-17+/t33-/m0/s1. The molecule has 0 radical (unpaired) electrons. The summed E-state index contributed by atoms with van der Waals surface area (Å²) in [5, 5.41) is 0.606. The van der Waals surface area contributed by atoms with Crippen molar-refractivity contribution in [3.05, 3.63) is 111 Å². The fraction of sp³-hybridized carbons (Fsp3) is 0.297. The van der Waals surface area contributed by atoms with Gasteiger partial charge in [-0.3, -0.25) is 9.36 Å². The number of ether oxygens (including phenoxy) is 6. The zero-order chi connectivity index (χ0) is 36.7. The molecule has 0 unspecified atom stereocenters. The summed E-state index contributed by atoms with van der Waals surface area (Å²) in [4.78, 5) is 44.6. The Morgan fingerprint density at radius 2 is 1.71 bits per heavy atom. The average Bonchev–Trinajstić information content (AvgIpc) is 3.40. The molecule has 0 amide bonds. The van der Waals surface area contributed by atoms with E-state index in [2.05, 4.69) is 27.6 Å². The normalized spacial score (nSPS) is 14.0. The van der Waals surface area contributed by atoms with Crippen LogP contribution in [0.2, 0.25) is 5.02 Å². The monoisotopic (exact) mass is 846 g/mol. The molecular formula is C37H36ClIN2O9S. The number of carbonyl (C=O) groups excluding carboxylic acids is 2. The number of esters is 2. The van der Waals surface area contributed by atoms with E-state index in [0.717, 1.165) is 9.13 Å². The van der Waals surface area contributed by atoms with E-state index >= 15 is 0 Å². The van der Waals surface area contributed by atoms with Crippen LogP contribution in [0.25, 0.3) is 6.08 Å². The topological polar surface area (TPSA) is 124 Å². The zero-order valence-electron chi connectivity index (χ0n) is 28.6. The van der Waals surface area contributed by atoms with E-state index < -0.39 is 18.0 Å². The highest BCUT2D eigenvalue weighted by Crippen LogP contribution is 2.37. The summed E-state index contributed by atoms with van der Waals surface area (Å²) < 4.78 is 36.4. The van der Waals surface area contributed by atoms with Crippen molar-refractivity contribution < 1.29 is 38.0 Å². The largest absolute Gasteiger partial charge is 0.490 e. The molecule has 1 aliphatic rings. The van der Waals surface area contributed by atoms with Gasteiger partial charge in [0.2, 0.25) is 0 Å². The van der Waals surface area contributed by atoms with Crippen molar-refractivity contribution in [2.75, 3.05) is 33.5 Å². The van der Waals surface area contributed by atoms with Crippen LogP contribution in [0.5, 0.6) is 23.0 Å². The van der Waals surface area contributed by atoms with Gasteiger partial charge in [0, 0.05) is 10.6 Å². The maximum atomic E-state index is 14.3. The molecule has 1 aromatic heterocycles. The van der Waals surface area contributed by atoms with Gasteiger partial charge in [0.15, 0.2) is 34.4 Å². The number of fused-ring (bicyclic) bond motifs is 1. The van der Waals surface area contributed by atoms with Crippen molar-refractivity contribution >= 4 is 63.5 Å². The molecular weight excluding hydrogens is 811 g/mol. The SMILES string of the molecule is CCOC(=O)C1=C(C)N=c2s/c(=C/c3cc(I)c(OCc4ccccc4Cl)c(OCC)c3)c(=O)n2[C@H]1c1ccc(OCC(=O)OC)c(OCC)c1. The van der Waals surface area contributed by atoms with E-state index in [9.17, 15) is 14.4 Å². The van der Waals surface area contributed by atoms with Crippen LogP contribution in [0.4, 0.5) is 0 Å². The Labute approximate surface area is 317 Å². The second-order valence-electron chi connectivity index (χ2n) is 10.9. The fourth-order valence-corrected chi connectivity index (χ4v) is 7.39. The summed E-state index contributed by atoms with van der Waals surface area (Å²) in [6.07, 6.45) is 1.77. The second kappa shape index (κ2) is 17.2. The molecule has 5 rings (SSSR count). The molecule has 0 saturated carbocycles. The number of allylic oxidation sites excluding steroid dienone is 1. The lowest BCUT2D eigenvalue weighted by Gasteiger charge is -2.25. The van der Waals surface area contributed by atoms with Crippen LogP contribution in [0.1, 0.15) is 50.4 Å². The molecule has 1 aliphatic heterocycles. The number of benzene rings is 3. The van der Waals surface area contributed by atoms with Gasteiger partial charge >= 0.3 is 11.9 Å². The summed E-state index contributed by atoms with van der Waals surface area (Å²) in [5.74, 6) is 0.565. The molecule has 0 aliphatic carbocycles. The lowest BCUT2D eigenvalue weighted by Crippen LogP contribution is -2.40. The molecule has 11 nitrogen and oxygen atoms in total. The first kappa shape index (κ1) is 37.9. The van der Waals surface area contributed by atoms with Gasteiger partial charge in [0.05, 0.1) is 52.3 Å². The number of nitrogens with zero attached hydrogens (tertiary/aromatic N) is 2. The first-order valence-corrected chi connectivity index (χ1v) is 18.4. The first-order chi connectivity index (χ1) is 24.6. The quantitative estimate of drug-likeness (QED) is 0.111. The molecule has 0 spiro atoms. The minimum absolute atomic E-state index is 0.135. The number of carbonyl (C=O) groups is 2. The fourth-order valence-electron chi connectivity index (χ4n) is 5.38. The lowest BCUT2D eigenvalue weighted by atomic mass is 9.95. The van der Waals surface area contributed by atoms with E-state index in [-0.39, 0.29) is 31.0 Å². The molecule has 268 valence electrons. The van der Waals surface area contributed by atoms with Crippen molar-refractivity contribution in [3.8, 4) is 23.0 Å². The molecule has 14 heteroatoms. The average molecular weight is 847 g/mol. The Hall–Kier alpha value is -4.34. The van der Waals surface area contributed by atoms with Gasteiger partial charge in [-0.05, 0) is 97.8 Å². The van der Waals surface area contributed by atoms with Crippen LogP contribution in [0.15, 0.2) is 75.7 Å². The van der Waals surface area contributed by atoms with Gasteiger partial charge in [-0.1, -0.05) is 47.2 Å². The Balaban J connectivity index is 1.60. The lowest BCUT2D eigenvalue weighted by molar-refractivity contribution is -0.143. The van der Waals surface area contributed by atoms with Crippen molar-refractivity contribution in [3.63, 3.8) is 0 Å². The number of thiazole rings is 1. The van der Waals surface area contributed by atoms with Crippen molar-refractivity contribution in [2.24, 2.45) is 4.99 Å². The first-order valence-electron chi connectivity index (χ1n) is 16.1. The van der Waals surface area contributed by atoms with Gasteiger partial charge in [0.1, 0.15) is 6.61 Å². The van der Waals surface area contributed by atoms with Crippen LogP contribution >= 0.6 is 45.5 Å². The Morgan fingerprint density at radius 1 is 0.961 bits per heavy atom. The highest BCUT2D eigenvalue weighted by atomic mass is 127. The predicted octanol–water partition coefficient (Wildman–Crippen LogP) is 5.98. The van der Waals surface area contributed by atoms with Crippen molar-refractivity contribution in [1.29, 1.82) is 0 Å². The predicted molar refractivity (Wildman–Crippen MR) is 202 cm³/mol. The highest BCUT2D eigenvalue weighted by Gasteiger charge is 2.34. The van der Waals surface area contributed by atoms with Gasteiger partial charge in [-0.25, -0.2) is 14.6 Å². The van der Waals surface area contributed by atoms with Gasteiger partial charge < -0.3 is 28.4 Å². The number of hydrogen-bond acceptors (Lipinski definition) is 11. The molecule has 0 saturated heterocycles. The zero-order valence-corrected chi connectivity index (χ0v) is 32.3. The third-order valence-electron chi connectivity index (χ3n) is 7.63. The van der Waals surface area contributed by atoms with E-state index in [4.69, 9.17) is 40.0 Å². The van der Waals surface area contributed by atoms with Crippen LogP contribution in [-0.2, 0) is 25.7 Å². The molecule has 4 aromatic rings. The summed E-state index contributed by atoms with van der Waals surface area (Å²) in [7, 11) is 1.27. The third-order valence-corrected chi connectivity index (χ3v) is 9.79. The van der Waals surface area contributed by atoms with Crippen LogP contribution in [0.3, 0.4) is 0 Å². The molecule has 0 N–H and O–H groups in total. The molecule has 51 heavy (non-hydrogen) atoms. The number of halogens is 2. The van der Waals surface area contributed by atoms with Crippen molar-refractivity contribution in [1.82, 2.24) is 4.57 Å². The third kappa shape index (κ3) is 8.59. The van der Waals surface area contributed by atoms with Gasteiger partial charge in [0.25, 0.3) is 5.56 Å². The van der Waals surface area contributed by atoms with E-state index in [1.54, 1.807) is 38.1 Å². The minimum Gasteiger partial charge on any atom is -0.490 e. The summed E-state index contributed by atoms with van der Waals surface area (Å²) >= 11 is 9.73. The smallest absolute Gasteiger partial charge is 0.343 e. The maximum absolute atomic E-state index is 14.3. The number of rotatable bonds is 14. The van der Waals surface area contributed by atoms with Crippen LogP contribution in [0, 0.1) is 3.57 Å². The number of methoxy groups -OCH3 is 1. The maximum Gasteiger partial charge on any atom is 0.343 e. The minimum atomic E-state index is -0.893. The Morgan fingerprint density at radius 3 is 2.41 bits per heavy atom. The summed E-state index contributed by atoms with van der Waals surface area (Å²) in [6, 6.07) is 15.3. The molecule has 3 aromatic carbocycles. The summed E-state index contributed by atoms with van der Waals surface area (Å²) in [6.45, 7) is 7.88. The van der Waals surface area contributed by atoms with E-state index in [1.807, 2.05) is 50.2 Å². The summed E-state index contributed by atoms with van der Waals surface area (Å²) in [5.41, 5.74) is 2.39. The molecule has 2 heterocycles. The second-order valence-corrected chi connectivity index (χ2v) is 13.5. The Bertz CT molecular complexity index is 2160. The molecule has 0 bridgehead atoms. The van der Waals surface area contributed by atoms with Crippen molar-refractivity contribution in [2.45, 2.75) is 40.3 Å². The molecule has 0 fully saturated rings. The number of aromatic nitrogens is 1. The molecule has 1 atom stereocenters. The Kier molecular flexibility index (Phi) is 12.8. The van der Waals surface area contributed by atoms with Crippen LogP contribution < -0.4 is 33.8 Å². The number of hydrogen-bond donors (Lipinski definition) is 0. The van der Waals surface area contributed by atoms with E-state index in [1.165, 1.54) is 23.0 Å². The van der Waals surface area contributed by atoms with E-state index in [0.29, 0.717) is 67.4 Å². The van der Waals surface area contributed by atoms with Gasteiger partial charge in [-0.15, -0.1) is 0 Å².